The molecule has 0 radical (unpaired) electrons. The molecule has 1 aromatic carbocycles. The predicted molar refractivity (Wildman–Crippen MR) is 64.2 cm³/mol. The minimum atomic E-state index is 0.440. The van der Waals surface area contributed by atoms with Gasteiger partial charge in [-0.1, -0.05) is 15.9 Å². The maximum Gasteiger partial charge on any atom is 0.164 e. The van der Waals surface area contributed by atoms with Crippen LogP contribution in [-0.2, 0) is 13.2 Å². The second-order valence-corrected chi connectivity index (χ2v) is 4.15. The van der Waals surface area contributed by atoms with Crippen molar-refractivity contribution < 1.29 is 4.74 Å². The first-order valence-electron chi connectivity index (χ1n) is 5.04. The van der Waals surface area contributed by atoms with E-state index in [9.17, 15) is 0 Å². The van der Waals surface area contributed by atoms with Crippen LogP contribution in [0.5, 0.6) is 5.75 Å². The molecule has 0 aliphatic rings. The molecule has 0 saturated heterocycles. The van der Waals surface area contributed by atoms with Gasteiger partial charge in [0.2, 0.25) is 0 Å². The second kappa shape index (κ2) is 5.12. The van der Waals surface area contributed by atoms with Crippen LogP contribution in [0.1, 0.15) is 12.7 Å². The highest BCUT2D eigenvalue weighted by Gasteiger charge is 2.03. The summed E-state index contributed by atoms with van der Waals surface area (Å²) < 4.78 is 8.46. The van der Waals surface area contributed by atoms with Gasteiger partial charge in [0.25, 0.3) is 0 Å². The lowest BCUT2D eigenvalue weighted by Gasteiger charge is -2.06. The van der Waals surface area contributed by atoms with Crippen LogP contribution in [0.15, 0.2) is 35.1 Å². The SMILES string of the molecule is CCn1ncnc1COc1ccc(Br)cc1. The molecule has 0 N–H and O–H groups in total. The summed E-state index contributed by atoms with van der Waals surface area (Å²) in [4.78, 5) is 4.14. The highest BCUT2D eigenvalue weighted by Crippen LogP contribution is 2.16. The number of nitrogens with zero attached hydrogens (tertiary/aromatic N) is 3. The third-order valence-corrected chi connectivity index (χ3v) is 2.71. The number of aromatic nitrogens is 3. The molecule has 1 aromatic heterocycles. The first-order chi connectivity index (χ1) is 7.79. The van der Waals surface area contributed by atoms with Gasteiger partial charge in [-0.15, -0.1) is 0 Å². The zero-order chi connectivity index (χ0) is 11.4. The largest absolute Gasteiger partial charge is 0.486 e. The van der Waals surface area contributed by atoms with E-state index < -0.39 is 0 Å². The lowest BCUT2D eigenvalue weighted by Crippen LogP contribution is -2.07. The number of ether oxygens (including phenoxy) is 1. The first-order valence-corrected chi connectivity index (χ1v) is 5.84. The quantitative estimate of drug-likeness (QED) is 0.865. The van der Waals surface area contributed by atoms with E-state index in [2.05, 4.69) is 26.0 Å². The van der Waals surface area contributed by atoms with Gasteiger partial charge < -0.3 is 4.74 Å². The summed E-state index contributed by atoms with van der Waals surface area (Å²) in [5.74, 6) is 1.67. The highest BCUT2D eigenvalue weighted by atomic mass is 79.9. The fraction of sp³-hybridized carbons (Fsp3) is 0.273. The standard InChI is InChI=1S/C11H12BrN3O/c1-2-15-11(13-8-14-15)7-16-10-5-3-9(12)4-6-10/h3-6,8H,2,7H2,1H3. The fourth-order valence-corrected chi connectivity index (χ4v) is 1.61. The Morgan fingerprint density at radius 3 is 2.75 bits per heavy atom. The van der Waals surface area contributed by atoms with Gasteiger partial charge in [0, 0.05) is 11.0 Å². The van der Waals surface area contributed by atoms with Crippen LogP contribution in [0.25, 0.3) is 0 Å². The zero-order valence-corrected chi connectivity index (χ0v) is 10.5. The van der Waals surface area contributed by atoms with Crippen LogP contribution >= 0.6 is 15.9 Å². The summed E-state index contributed by atoms with van der Waals surface area (Å²) in [6, 6.07) is 7.72. The minimum Gasteiger partial charge on any atom is -0.486 e. The molecular weight excluding hydrogens is 270 g/mol. The topological polar surface area (TPSA) is 39.9 Å². The van der Waals surface area contributed by atoms with Crippen LogP contribution in [0.3, 0.4) is 0 Å². The number of rotatable bonds is 4. The number of aryl methyl sites for hydroxylation is 1. The summed E-state index contributed by atoms with van der Waals surface area (Å²) in [6.07, 6.45) is 1.55. The van der Waals surface area contributed by atoms with Gasteiger partial charge in [0.05, 0.1) is 0 Å². The van der Waals surface area contributed by atoms with Crippen LogP contribution in [-0.4, -0.2) is 14.8 Å². The number of benzene rings is 1. The van der Waals surface area contributed by atoms with Gasteiger partial charge >= 0.3 is 0 Å². The third kappa shape index (κ3) is 2.61. The maximum atomic E-state index is 5.60. The molecule has 0 saturated carbocycles. The van der Waals surface area contributed by atoms with Crippen molar-refractivity contribution in [1.29, 1.82) is 0 Å². The summed E-state index contributed by atoms with van der Waals surface area (Å²) >= 11 is 3.38. The van der Waals surface area contributed by atoms with Crippen LogP contribution in [0, 0.1) is 0 Å². The molecule has 0 amide bonds. The Kier molecular flexibility index (Phi) is 3.56. The van der Waals surface area contributed by atoms with Gasteiger partial charge in [-0.2, -0.15) is 5.10 Å². The maximum absolute atomic E-state index is 5.60. The lowest BCUT2D eigenvalue weighted by atomic mass is 10.3. The Morgan fingerprint density at radius 1 is 1.31 bits per heavy atom. The van der Waals surface area contributed by atoms with Crippen molar-refractivity contribution in [2.45, 2.75) is 20.1 Å². The van der Waals surface area contributed by atoms with Gasteiger partial charge in [0.15, 0.2) is 5.82 Å². The Balaban J connectivity index is 1.99. The van der Waals surface area contributed by atoms with E-state index in [4.69, 9.17) is 4.74 Å². The lowest BCUT2D eigenvalue weighted by molar-refractivity contribution is 0.287. The average Bonchev–Trinajstić information content (AvgIpc) is 2.76. The molecule has 4 nitrogen and oxygen atoms in total. The molecule has 2 aromatic rings. The molecule has 0 atom stereocenters. The molecule has 0 unspecified atom stereocenters. The first kappa shape index (κ1) is 11.1. The van der Waals surface area contributed by atoms with Crippen molar-refractivity contribution in [3.05, 3.63) is 40.9 Å². The van der Waals surface area contributed by atoms with E-state index in [1.165, 1.54) is 0 Å². The Hall–Kier alpha value is -1.36. The molecule has 5 heteroatoms. The van der Waals surface area contributed by atoms with Crippen molar-refractivity contribution in [3.8, 4) is 5.75 Å². The summed E-state index contributed by atoms with van der Waals surface area (Å²) in [5, 5.41) is 4.08. The van der Waals surface area contributed by atoms with Crippen LogP contribution < -0.4 is 4.74 Å². The molecule has 0 fully saturated rings. The van der Waals surface area contributed by atoms with E-state index >= 15 is 0 Å². The van der Waals surface area contributed by atoms with Crippen molar-refractivity contribution >= 4 is 15.9 Å². The molecule has 0 aliphatic heterocycles. The second-order valence-electron chi connectivity index (χ2n) is 3.23. The molecule has 0 spiro atoms. The van der Waals surface area contributed by atoms with Gasteiger partial charge in [-0.05, 0) is 31.2 Å². The molecule has 1 heterocycles. The van der Waals surface area contributed by atoms with E-state index in [0.717, 1.165) is 22.6 Å². The fourth-order valence-electron chi connectivity index (χ4n) is 1.34. The van der Waals surface area contributed by atoms with Gasteiger partial charge in [-0.3, -0.25) is 0 Å². The molecular formula is C11H12BrN3O. The Bertz CT molecular complexity index is 453. The van der Waals surface area contributed by atoms with Crippen molar-refractivity contribution in [3.63, 3.8) is 0 Å². The molecule has 16 heavy (non-hydrogen) atoms. The smallest absolute Gasteiger partial charge is 0.164 e. The third-order valence-electron chi connectivity index (χ3n) is 2.18. The van der Waals surface area contributed by atoms with Crippen molar-refractivity contribution in [2.75, 3.05) is 0 Å². The van der Waals surface area contributed by atoms with Crippen molar-refractivity contribution in [2.24, 2.45) is 0 Å². The average molecular weight is 282 g/mol. The number of hydrogen-bond acceptors (Lipinski definition) is 3. The molecule has 2 rings (SSSR count). The Morgan fingerprint density at radius 2 is 2.06 bits per heavy atom. The minimum absolute atomic E-state index is 0.440. The summed E-state index contributed by atoms with van der Waals surface area (Å²) in [5.41, 5.74) is 0. The predicted octanol–water partition coefficient (Wildman–Crippen LogP) is 2.64. The zero-order valence-electron chi connectivity index (χ0n) is 8.93. The Labute approximate surface area is 102 Å². The summed E-state index contributed by atoms with van der Waals surface area (Å²) in [6.45, 7) is 3.27. The van der Waals surface area contributed by atoms with Crippen LogP contribution in [0.4, 0.5) is 0 Å². The van der Waals surface area contributed by atoms with E-state index in [1.54, 1.807) is 6.33 Å². The highest BCUT2D eigenvalue weighted by molar-refractivity contribution is 9.10. The van der Waals surface area contributed by atoms with E-state index in [-0.39, 0.29) is 0 Å². The van der Waals surface area contributed by atoms with E-state index in [0.29, 0.717) is 6.61 Å². The monoisotopic (exact) mass is 281 g/mol. The summed E-state index contributed by atoms with van der Waals surface area (Å²) in [7, 11) is 0. The molecule has 0 bridgehead atoms. The molecule has 0 aliphatic carbocycles. The van der Waals surface area contributed by atoms with Crippen molar-refractivity contribution in [1.82, 2.24) is 14.8 Å². The number of halogens is 1. The van der Waals surface area contributed by atoms with Gasteiger partial charge in [-0.25, -0.2) is 9.67 Å². The van der Waals surface area contributed by atoms with E-state index in [1.807, 2.05) is 35.9 Å². The van der Waals surface area contributed by atoms with Gasteiger partial charge in [0.1, 0.15) is 18.7 Å². The normalized spacial score (nSPS) is 10.4. The number of hydrogen-bond donors (Lipinski definition) is 0. The molecule has 84 valence electrons. The van der Waals surface area contributed by atoms with Crippen LogP contribution in [0.2, 0.25) is 0 Å².